The zero-order valence-electron chi connectivity index (χ0n) is 7.22. The van der Waals surface area contributed by atoms with Crippen LogP contribution in [0.3, 0.4) is 0 Å². The van der Waals surface area contributed by atoms with Gasteiger partial charge >= 0.3 is 77.2 Å². The van der Waals surface area contributed by atoms with Crippen molar-refractivity contribution in [2.24, 2.45) is 0 Å². The summed E-state index contributed by atoms with van der Waals surface area (Å²) in [5, 5.41) is 1.33. The van der Waals surface area contributed by atoms with Crippen LogP contribution in [0.15, 0.2) is 24.3 Å². The van der Waals surface area contributed by atoms with Gasteiger partial charge in [0.05, 0.1) is 0 Å². The Morgan fingerprint density at radius 2 is 1.83 bits per heavy atom. The molecule has 0 fully saturated rings. The van der Waals surface area contributed by atoms with Crippen LogP contribution in [0.5, 0.6) is 5.75 Å². The Hall–Kier alpha value is 0.373. The number of methoxy groups -OCH3 is 1. The predicted octanol–water partition coefficient (Wildman–Crippen LogP) is -0.793. The molecular formula is C9H11IOZn. The van der Waals surface area contributed by atoms with Crippen LogP contribution >= 0.6 is 0 Å². The molecule has 62 valence electrons. The molecule has 0 aliphatic carbocycles. The third-order valence-corrected chi connectivity index (χ3v) is 2.37. The van der Waals surface area contributed by atoms with E-state index >= 15 is 0 Å². The number of rotatable bonds is 3. The van der Waals surface area contributed by atoms with E-state index in [9.17, 15) is 0 Å². The molecule has 0 saturated heterocycles. The normalized spacial score (nSPS) is 8.92. The summed E-state index contributed by atoms with van der Waals surface area (Å²) in [6.45, 7) is 0. The van der Waals surface area contributed by atoms with Gasteiger partial charge < -0.3 is 24.0 Å². The van der Waals surface area contributed by atoms with Crippen LogP contribution in [-0.2, 0) is 24.7 Å². The minimum Gasteiger partial charge on any atom is -1.00 e. The Balaban J connectivity index is 0.00000121. The van der Waals surface area contributed by atoms with Crippen molar-refractivity contribution in [3.05, 3.63) is 29.8 Å². The molecule has 0 N–H and O–H groups in total. The molecule has 0 spiro atoms. The molecular weight excluding hydrogens is 316 g/mol. The number of halogens is 1. The summed E-state index contributed by atoms with van der Waals surface area (Å²) < 4.78 is 5.06. The van der Waals surface area contributed by atoms with Gasteiger partial charge in [-0.05, 0) is 0 Å². The van der Waals surface area contributed by atoms with Gasteiger partial charge in [-0.3, -0.25) is 0 Å². The SMILES string of the molecule is COc1ccc(C[CH2][Zn+])cc1.[I-]. The van der Waals surface area contributed by atoms with Crippen molar-refractivity contribution in [3.8, 4) is 5.75 Å². The first-order valence-corrected chi connectivity index (χ1v) is 5.89. The molecule has 0 unspecified atom stereocenters. The minimum absolute atomic E-state index is 0. The van der Waals surface area contributed by atoms with Crippen molar-refractivity contribution in [3.63, 3.8) is 0 Å². The maximum absolute atomic E-state index is 5.06. The minimum atomic E-state index is 0. The molecule has 0 aliphatic heterocycles. The van der Waals surface area contributed by atoms with Gasteiger partial charge in [0, 0.05) is 0 Å². The third-order valence-electron chi connectivity index (χ3n) is 1.62. The Labute approximate surface area is 101 Å². The Morgan fingerprint density at radius 3 is 2.25 bits per heavy atom. The van der Waals surface area contributed by atoms with Crippen molar-refractivity contribution < 1.29 is 47.0 Å². The summed E-state index contributed by atoms with van der Waals surface area (Å²) in [6, 6.07) is 8.30. The third kappa shape index (κ3) is 3.86. The van der Waals surface area contributed by atoms with E-state index in [4.69, 9.17) is 4.74 Å². The number of ether oxygens (including phenoxy) is 1. The number of hydrogen-bond acceptors (Lipinski definition) is 1. The molecule has 3 heteroatoms. The summed E-state index contributed by atoms with van der Waals surface area (Å²) in [7, 11) is 1.70. The molecule has 12 heavy (non-hydrogen) atoms. The first-order valence-electron chi connectivity index (χ1n) is 3.79. The van der Waals surface area contributed by atoms with Gasteiger partial charge in [-0.2, -0.15) is 0 Å². The zero-order valence-corrected chi connectivity index (χ0v) is 12.3. The predicted molar refractivity (Wildman–Crippen MR) is 41.5 cm³/mol. The summed E-state index contributed by atoms with van der Waals surface area (Å²) in [6.07, 6.45) is 1.21. The van der Waals surface area contributed by atoms with Crippen LogP contribution in [-0.4, -0.2) is 7.11 Å². The van der Waals surface area contributed by atoms with Crippen LogP contribution in [0.25, 0.3) is 0 Å². The van der Waals surface area contributed by atoms with E-state index < -0.39 is 0 Å². The largest absolute Gasteiger partial charge is 1.00 e. The molecule has 0 radical (unpaired) electrons. The second-order valence-electron chi connectivity index (χ2n) is 2.45. The van der Waals surface area contributed by atoms with E-state index in [-0.39, 0.29) is 24.0 Å². The number of aryl methyl sites for hydroxylation is 1. The molecule has 1 aromatic rings. The molecule has 0 aromatic heterocycles. The molecule has 0 atom stereocenters. The van der Waals surface area contributed by atoms with Gasteiger partial charge in [-0.15, -0.1) is 0 Å². The monoisotopic (exact) mass is 326 g/mol. The maximum Gasteiger partial charge on any atom is -1.00 e. The summed E-state index contributed by atoms with van der Waals surface area (Å²) in [5.41, 5.74) is 1.41. The summed E-state index contributed by atoms with van der Waals surface area (Å²) in [5.74, 6) is 0.945. The van der Waals surface area contributed by atoms with Crippen molar-refractivity contribution in [1.82, 2.24) is 0 Å². The topological polar surface area (TPSA) is 9.23 Å². The van der Waals surface area contributed by atoms with E-state index in [2.05, 4.69) is 12.1 Å². The Bertz CT molecular complexity index is 210. The van der Waals surface area contributed by atoms with Crippen molar-refractivity contribution in [2.75, 3.05) is 7.11 Å². The van der Waals surface area contributed by atoms with E-state index in [1.54, 1.807) is 7.11 Å². The number of benzene rings is 1. The second-order valence-corrected chi connectivity index (χ2v) is 3.94. The molecule has 0 aliphatic rings. The smallest absolute Gasteiger partial charge is 1.00 e. The average Bonchev–Trinajstić information content (AvgIpc) is 2.07. The standard InChI is InChI=1S/C9H11O.HI.Zn/c1-3-8-4-6-9(10-2)7-5-8;;/h4-7H,1,3H2,2H3;1H;/q;;+1/p-1. The van der Waals surface area contributed by atoms with Crippen LogP contribution in [0.1, 0.15) is 5.56 Å². The molecule has 1 nitrogen and oxygen atoms in total. The van der Waals surface area contributed by atoms with Gasteiger partial charge in [0.15, 0.2) is 0 Å². The molecule has 1 aromatic carbocycles. The molecule has 1 rings (SSSR count). The average molecular weight is 327 g/mol. The van der Waals surface area contributed by atoms with Gasteiger partial charge in [0.25, 0.3) is 0 Å². The van der Waals surface area contributed by atoms with Crippen LogP contribution in [0, 0.1) is 0 Å². The van der Waals surface area contributed by atoms with Gasteiger partial charge in [-0.25, -0.2) is 0 Å². The van der Waals surface area contributed by atoms with Gasteiger partial charge in [0.2, 0.25) is 0 Å². The summed E-state index contributed by atoms with van der Waals surface area (Å²) in [4.78, 5) is 0. The van der Waals surface area contributed by atoms with Gasteiger partial charge in [0.1, 0.15) is 0 Å². The van der Waals surface area contributed by atoms with Crippen molar-refractivity contribution >= 4 is 0 Å². The maximum atomic E-state index is 5.06. The van der Waals surface area contributed by atoms with Crippen LogP contribution < -0.4 is 28.7 Å². The van der Waals surface area contributed by atoms with Crippen molar-refractivity contribution in [2.45, 2.75) is 11.4 Å². The second kappa shape index (κ2) is 6.84. The van der Waals surface area contributed by atoms with E-state index in [0.29, 0.717) is 0 Å². The van der Waals surface area contributed by atoms with E-state index in [0.717, 1.165) is 5.75 Å². The van der Waals surface area contributed by atoms with E-state index in [1.165, 1.54) is 35.3 Å². The quantitative estimate of drug-likeness (QED) is 0.522. The van der Waals surface area contributed by atoms with Crippen LogP contribution in [0.4, 0.5) is 0 Å². The fraction of sp³-hybridized carbons (Fsp3) is 0.333. The number of hydrogen-bond donors (Lipinski definition) is 0. The fourth-order valence-electron chi connectivity index (χ4n) is 0.996. The molecule has 0 saturated carbocycles. The molecule has 0 heterocycles. The first-order chi connectivity index (χ1) is 5.36. The molecule has 0 bridgehead atoms. The Kier molecular flexibility index (Phi) is 7.06. The summed E-state index contributed by atoms with van der Waals surface area (Å²) >= 11 is 1.38. The van der Waals surface area contributed by atoms with Crippen molar-refractivity contribution in [1.29, 1.82) is 0 Å². The first kappa shape index (κ1) is 12.4. The van der Waals surface area contributed by atoms with E-state index in [1.807, 2.05) is 12.1 Å². The van der Waals surface area contributed by atoms with Gasteiger partial charge in [-0.1, -0.05) is 0 Å². The zero-order chi connectivity index (χ0) is 8.10. The fourth-order valence-corrected chi connectivity index (χ4v) is 1.85. The Morgan fingerprint density at radius 1 is 1.25 bits per heavy atom. The molecule has 0 amide bonds. The van der Waals surface area contributed by atoms with Crippen LogP contribution in [0.2, 0.25) is 5.02 Å².